The Morgan fingerprint density at radius 2 is 2.48 bits per heavy atom. The molecule has 3 heterocycles. The second-order valence-corrected chi connectivity index (χ2v) is 5.16. The minimum absolute atomic E-state index is 0.0292. The fraction of sp³-hybridized carbons (Fsp3) is 0.500. The molecule has 0 radical (unpaired) electrons. The van der Waals surface area contributed by atoms with Crippen LogP contribution in [0.15, 0.2) is 27.3 Å². The van der Waals surface area contributed by atoms with Crippen molar-refractivity contribution < 1.29 is 13.7 Å². The van der Waals surface area contributed by atoms with Crippen molar-refractivity contribution in [1.29, 1.82) is 0 Å². The van der Waals surface area contributed by atoms with Crippen LogP contribution < -0.4 is 5.32 Å². The number of carbonyl (C=O) groups excluding carboxylic acids is 1. The molecule has 1 fully saturated rings. The van der Waals surface area contributed by atoms with Crippen LogP contribution in [-0.2, 0) is 11.3 Å². The summed E-state index contributed by atoms with van der Waals surface area (Å²) in [5, 5.41) is 6.82. The van der Waals surface area contributed by atoms with Gasteiger partial charge in [-0.1, -0.05) is 5.16 Å². The van der Waals surface area contributed by atoms with Gasteiger partial charge in [-0.15, -0.1) is 0 Å². The maximum absolute atomic E-state index is 12.0. The lowest BCUT2D eigenvalue weighted by Crippen LogP contribution is -2.36. The number of aryl methyl sites for hydroxylation is 1. The first kappa shape index (κ1) is 13.8. The summed E-state index contributed by atoms with van der Waals surface area (Å²) in [6, 6.07) is 3.70. The average molecular weight is 290 g/mol. The average Bonchev–Trinajstić information content (AvgIpc) is 3.17. The van der Waals surface area contributed by atoms with Gasteiger partial charge in [-0.2, -0.15) is 4.98 Å². The van der Waals surface area contributed by atoms with Crippen molar-refractivity contribution in [3.8, 4) is 0 Å². The van der Waals surface area contributed by atoms with Gasteiger partial charge >= 0.3 is 0 Å². The van der Waals surface area contributed by atoms with Crippen molar-refractivity contribution in [3.63, 3.8) is 0 Å². The summed E-state index contributed by atoms with van der Waals surface area (Å²) in [7, 11) is 0. The van der Waals surface area contributed by atoms with Crippen molar-refractivity contribution in [1.82, 2.24) is 20.4 Å². The molecule has 112 valence electrons. The van der Waals surface area contributed by atoms with E-state index in [1.54, 1.807) is 19.3 Å². The largest absolute Gasteiger partial charge is 0.467 e. The number of aromatic nitrogens is 2. The van der Waals surface area contributed by atoms with Crippen LogP contribution in [0.25, 0.3) is 0 Å². The van der Waals surface area contributed by atoms with Crippen molar-refractivity contribution in [2.24, 2.45) is 0 Å². The fourth-order valence-corrected chi connectivity index (χ4v) is 2.60. The highest BCUT2D eigenvalue weighted by Crippen LogP contribution is 2.29. The van der Waals surface area contributed by atoms with Crippen LogP contribution in [0.2, 0.25) is 0 Å². The highest BCUT2D eigenvalue weighted by atomic mass is 16.5. The Bertz CT molecular complexity index is 593. The van der Waals surface area contributed by atoms with E-state index in [1.165, 1.54) is 0 Å². The van der Waals surface area contributed by atoms with Crippen LogP contribution in [0.5, 0.6) is 0 Å². The zero-order valence-electron chi connectivity index (χ0n) is 11.9. The van der Waals surface area contributed by atoms with E-state index in [4.69, 9.17) is 8.94 Å². The van der Waals surface area contributed by atoms with Crippen LogP contribution in [0.4, 0.5) is 0 Å². The molecule has 2 aromatic rings. The number of likely N-dealkylation sites (tertiary alicyclic amines) is 1. The minimum atomic E-state index is -0.0292. The first-order valence-electron chi connectivity index (χ1n) is 7.06. The molecule has 0 aromatic carbocycles. The fourth-order valence-electron chi connectivity index (χ4n) is 2.60. The van der Waals surface area contributed by atoms with Gasteiger partial charge in [-0.25, -0.2) is 0 Å². The Labute approximate surface area is 122 Å². The van der Waals surface area contributed by atoms with Gasteiger partial charge in [0.25, 0.3) is 0 Å². The Hall–Kier alpha value is -2.15. The summed E-state index contributed by atoms with van der Waals surface area (Å²) in [6.45, 7) is 3.38. The van der Waals surface area contributed by atoms with E-state index in [9.17, 15) is 4.79 Å². The number of amides is 1. The molecule has 1 unspecified atom stereocenters. The summed E-state index contributed by atoms with van der Waals surface area (Å²) in [5.41, 5.74) is 0. The molecule has 0 aliphatic carbocycles. The second kappa shape index (κ2) is 6.09. The van der Waals surface area contributed by atoms with Gasteiger partial charge in [0.1, 0.15) is 5.76 Å². The van der Waals surface area contributed by atoms with E-state index in [2.05, 4.69) is 20.4 Å². The summed E-state index contributed by atoms with van der Waals surface area (Å²) < 4.78 is 10.2. The minimum Gasteiger partial charge on any atom is -0.467 e. The molecule has 1 aliphatic rings. The lowest BCUT2D eigenvalue weighted by atomic mass is 10.2. The molecule has 2 aromatic heterocycles. The molecule has 7 nitrogen and oxygen atoms in total. The molecule has 1 N–H and O–H groups in total. The van der Waals surface area contributed by atoms with Gasteiger partial charge in [-0.3, -0.25) is 9.69 Å². The van der Waals surface area contributed by atoms with Gasteiger partial charge in [-0.05, 0) is 31.5 Å². The van der Waals surface area contributed by atoms with Crippen LogP contribution in [0, 0.1) is 6.92 Å². The van der Waals surface area contributed by atoms with Crippen molar-refractivity contribution in [2.45, 2.75) is 32.4 Å². The number of nitrogens with one attached hydrogen (secondary N) is 1. The molecule has 21 heavy (non-hydrogen) atoms. The van der Waals surface area contributed by atoms with E-state index in [0.29, 0.717) is 24.8 Å². The standard InChI is InChI=1S/C14H18N4O3/c1-10-16-14(17-21-10)12-5-2-6-18(12)9-13(19)15-8-11-4-3-7-20-11/h3-4,7,12H,2,5-6,8-9H2,1H3,(H,15,19). The Morgan fingerprint density at radius 3 is 3.19 bits per heavy atom. The normalized spacial score (nSPS) is 19.0. The second-order valence-electron chi connectivity index (χ2n) is 5.16. The smallest absolute Gasteiger partial charge is 0.234 e. The first-order chi connectivity index (χ1) is 10.2. The first-order valence-corrected chi connectivity index (χ1v) is 7.06. The van der Waals surface area contributed by atoms with Crippen LogP contribution in [0.3, 0.4) is 0 Å². The summed E-state index contributed by atoms with van der Waals surface area (Å²) in [6.07, 6.45) is 3.57. The number of furan rings is 1. The van der Waals surface area contributed by atoms with E-state index >= 15 is 0 Å². The predicted octanol–water partition coefficient (Wildman–Crippen LogP) is 1.42. The zero-order chi connectivity index (χ0) is 14.7. The molecule has 0 saturated carbocycles. The van der Waals surface area contributed by atoms with Crippen molar-refractivity contribution >= 4 is 5.91 Å². The molecular weight excluding hydrogens is 272 g/mol. The van der Waals surface area contributed by atoms with Gasteiger partial charge in [0.05, 0.1) is 25.4 Å². The Balaban J connectivity index is 1.54. The molecule has 1 saturated heterocycles. The SMILES string of the molecule is Cc1nc(C2CCCN2CC(=O)NCc2ccco2)no1. The summed E-state index contributed by atoms with van der Waals surface area (Å²) >= 11 is 0. The highest BCUT2D eigenvalue weighted by Gasteiger charge is 2.30. The topological polar surface area (TPSA) is 84.4 Å². The van der Waals surface area contributed by atoms with Gasteiger partial charge < -0.3 is 14.3 Å². The van der Waals surface area contributed by atoms with E-state index in [1.807, 2.05) is 6.07 Å². The van der Waals surface area contributed by atoms with Crippen molar-refractivity contribution in [2.75, 3.05) is 13.1 Å². The van der Waals surface area contributed by atoms with Crippen molar-refractivity contribution in [3.05, 3.63) is 35.9 Å². The number of carbonyl (C=O) groups is 1. The summed E-state index contributed by atoms with van der Waals surface area (Å²) in [5.74, 6) is 1.94. The molecule has 3 rings (SSSR count). The zero-order valence-corrected chi connectivity index (χ0v) is 11.9. The van der Waals surface area contributed by atoms with Crippen LogP contribution in [0.1, 0.15) is 36.4 Å². The number of nitrogens with zero attached hydrogens (tertiary/aromatic N) is 3. The molecule has 0 spiro atoms. The third kappa shape index (κ3) is 3.30. The maximum Gasteiger partial charge on any atom is 0.234 e. The lowest BCUT2D eigenvalue weighted by Gasteiger charge is -2.20. The maximum atomic E-state index is 12.0. The quantitative estimate of drug-likeness (QED) is 0.896. The molecular formula is C14H18N4O3. The molecule has 7 heteroatoms. The predicted molar refractivity (Wildman–Crippen MR) is 73.1 cm³/mol. The van der Waals surface area contributed by atoms with Gasteiger partial charge in [0.2, 0.25) is 11.8 Å². The van der Waals surface area contributed by atoms with Gasteiger partial charge in [0, 0.05) is 6.92 Å². The Kier molecular flexibility index (Phi) is 4.01. The number of hydrogen-bond acceptors (Lipinski definition) is 6. The highest BCUT2D eigenvalue weighted by molar-refractivity contribution is 5.78. The molecule has 0 bridgehead atoms. The lowest BCUT2D eigenvalue weighted by molar-refractivity contribution is -0.122. The van der Waals surface area contributed by atoms with E-state index in [-0.39, 0.29) is 11.9 Å². The third-order valence-electron chi connectivity index (χ3n) is 3.59. The molecule has 1 aliphatic heterocycles. The summed E-state index contributed by atoms with van der Waals surface area (Å²) in [4.78, 5) is 18.4. The molecule has 1 amide bonds. The number of hydrogen-bond donors (Lipinski definition) is 1. The van der Waals surface area contributed by atoms with Crippen LogP contribution in [-0.4, -0.2) is 34.0 Å². The monoisotopic (exact) mass is 290 g/mol. The Morgan fingerprint density at radius 1 is 1.57 bits per heavy atom. The number of rotatable bonds is 5. The van der Waals surface area contributed by atoms with Gasteiger partial charge in [0.15, 0.2) is 5.82 Å². The molecule has 1 atom stereocenters. The van der Waals surface area contributed by atoms with E-state index < -0.39 is 0 Å². The van der Waals surface area contributed by atoms with E-state index in [0.717, 1.165) is 25.1 Å². The third-order valence-corrected chi connectivity index (χ3v) is 3.59. The van der Waals surface area contributed by atoms with Crippen LogP contribution >= 0.6 is 0 Å².